The van der Waals surface area contributed by atoms with E-state index in [0.29, 0.717) is 17.8 Å². The fourth-order valence-corrected chi connectivity index (χ4v) is 3.40. The molecule has 0 spiro atoms. The minimum Gasteiger partial charge on any atom is -0.492 e. The first-order valence-electron chi connectivity index (χ1n) is 9.42. The second-order valence-corrected chi connectivity index (χ2v) is 6.87. The van der Waals surface area contributed by atoms with Gasteiger partial charge in [0.2, 0.25) is 5.95 Å². The van der Waals surface area contributed by atoms with Gasteiger partial charge in [-0.25, -0.2) is 9.97 Å². The topological polar surface area (TPSA) is 142 Å². The molecule has 1 fully saturated rings. The maximum absolute atomic E-state index is 6.07. The van der Waals surface area contributed by atoms with E-state index in [2.05, 4.69) is 24.8 Å². The Balaban J connectivity index is 1.48. The van der Waals surface area contributed by atoms with Crippen LogP contribution in [0.1, 0.15) is 19.3 Å². The second-order valence-electron chi connectivity index (χ2n) is 6.87. The Morgan fingerprint density at radius 1 is 0.857 bits per heavy atom. The molecule has 4 rings (SSSR count). The number of likely N-dealkylation sites (tertiary alicyclic amines) is 1. The van der Waals surface area contributed by atoms with Gasteiger partial charge in [-0.15, -0.1) is 0 Å². The predicted octanol–water partition coefficient (Wildman–Crippen LogP) is 1.70. The van der Waals surface area contributed by atoms with Crippen molar-refractivity contribution in [2.75, 3.05) is 43.4 Å². The van der Waals surface area contributed by atoms with Gasteiger partial charge in [0.1, 0.15) is 18.1 Å². The first-order chi connectivity index (χ1) is 13.6. The standard InChI is InChI=1S/C19H24N8O/c20-16-14(23-15-17(21)25-19(22)26-18(15)24-16)12-4-6-13(7-5-12)28-11-10-27-8-2-1-3-9-27/h4-7H,1-3,8-11H2,(H6,20,21,22,24,25,26). The van der Waals surface area contributed by atoms with E-state index in [9.17, 15) is 0 Å². The zero-order chi connectivity index (χ0) is 19.5. The van der Waals surface area contributed by atoms with Gasteiger partial charge in [-0.2, -0.15) is 9.97 Å². The van der Waals surface area contributed by atoms with E-state index in [1.54, 1.807) is 0 Å². The van der Waals surface area contributed by atoms with Crippen LogP contribution in [0.2, 0.25) is 0 Å². The van der Waals surface area contributed by atoms with Crippen molar-refractivity contribution in [3.8, 4) is 17.0 Å². The van der Waals surface area contributed by atoms with Gasteiger partial charge in [-0.1, -0.05) is 6.42 Å². The van der Waals surface area contributed by atoms with Crippen molar-refractivity contribution in [1.29, 1.82) is 0 Å². The number of piperidine rings is 1. The highest BCUT2D eigenvalue weighted by Crippen LogP contribution is 2.27. The molecular formula is C19H24N8O. The summed E-state index contributed by atoms with van der Waals surface area (Å²) < 4.78 is 5.87. The Morgan fingerprint density at radius 2 is 1.61 bits per heavy atom. The zero-order valence-electron chi connectivity index (χ0n) is 15.6. The molecule has 3 aromatic rings. The van der Waals surface area contributed by atoms with Gasteiger partial charge in [0.05, 0.1) is 0 Å². The smallest absolute Gasteiger partial charge is 0.224 e. The van der Waals surface area contributed by atoms with Crippen LogP contribution in [0.25, 0.3) is 22.4 Å². The number of anilines is 3. The van der Waals surface area contributed by atoms with Crippen LogP contribution in [0.3, 0.4) is 0 Å². The lowest BCUT2D eigenvalue weighted by Crippen LogP contribution is -2.33. The average molecular weight is 380 g/mol. The van der Waals surface area contributed by atoms with Crippen LogP contribution >= 0.6 is 0 Å². The molecule has 0 atom stereocenters. The van der Waals surface area contributed by atoms with Crippen molar-refractivity contribution in [1.82, 2.24) is 24.8 Å². The largest absolute Gasteiger partial charge is 0.492 e. The van der Waals surface area contributed by atoms with Crippen LogP contribution in [0, 0.1) is 0 Å². The van der Waals surface area contributed by atoms with Crippen LogP contribution < -0.4 is 21.9 Å². The van der Waals surface area contributed by atoms with Crippen molar-refractivity contribution < 1.29 is 4.74 Å². The molecule has 1 aliphatic rings. The minimum absolute atomic E-state index is 0.0394. The summed E-state index contributed by atoms with van der Waals surface area (Å²) in [6, 6.07) is 7.60. The number of rotatable bonds is 5. The maximum atomic E-state index is 6.07. The Bertz CT molecular complexity index is 970. The maximum Gasteiger partial charge on any atom is 0.224 e. The third-order valence-corrected chi connectivity index (χ3v) is 4.86. The summed E-state index contributed by atoms with van der Waals surface area (Å²) in [5.41, 5.74) is 19.6. The lowest BCUT2D eigenvalue weighted by atomic mass is 10.1. The van der Waals surface area contributed by atoms with Crippen LogP contribution in [0.15, 0.2) is 24.3 Å². The van der Waals surface area contributed by atoms with Crippen molar-refractivity contribution in [3.63, 3.8) is 0 Å². The van der Waals surface area contributed by atoms with Crippen molar-refractivity contribution >= 4 is 28.7 Å². The van der Waals surface area contributed by atoms with E-state index < -0.39 is 0 Å². The number of benzene rings is 1. The number of hydrogen-bond acceptors (Lipinski definition) is 9. The zero-order valence-corrected chi connectivity index (χ0v) is 15.6. The highest BCUT2D eigenvalue weighted by molar-refractivity contribution is 5.87. The first-order valence-corrected chi connectivity index (χ1v) is 9.42. The lowest BCUT2D eigenvalue weighted by molar-refractivity contribution is 0.183. The summed E-state index contributed by atoms with van der Waals surface area (Å²) in [6.07, 6.45) is 3.90. The molecule has 0 bridgehead atoms. The number of hydrogen-bond donors (Lipinski definition) is 3. The molecule has 28 heavy (non-hydrogen) atoms. The predicted molar refractivity (Wildman–Crippen MR) is 110 cm³/mol. The molecule has 0 unspecified atom stereocenters. The fraction of sp³-hybridized carbons (Fsp3) is 0.368. The average Bonchev–Trinajstić information content (AvgIpc) is 2.69. The molecule has 2 aromatic heterocycles. The summed E-state index contributed by atoms with van der Waals surface area (Å²) >= 11 is 0. The summed E-state index contributed by atoms with van der Waals surface area (Å²) in [5.74, 6) is 1.28. The molecule has 9 nitrogen and oxygen atoms in total. The van der Waals surface area contributed by atoms with Gasteiger partial charge >= 0.3 is 0 Å². The summed E-state index contributed by atoms with van der Waals surface area (Å²) in [6.45, 7) is 3.96. The lowest BCUT2D eigenvalue weighted by Gasteiger charge is -2.26. The number of ether oxygens (including phenoxy) is 1. The van der Waals surface area contributed by atoms with E-state index in [1.807, 2.05) is 24.3 Å². The molecule has 0 saturated carbocycles. The summed E-state index contributed by atoms with van der Waals surface area (Å²) in [5, 5.41) is 0. The SMILES string of the molecule is Nc1nc(N)c2nc(-c3ccc(OCCN4CCCCC4)cc3)c(N)nc2n1. The Morgan fingerprint density at radius 3 is 2.36 bits per heavy atom. The van der Waals surface area contributed by atoms with Gasteiger partial charge in [-0.05, 0) is 50.2 Å². The highest BCUT2D eigenvalue weighted by atomic mass is 16.5. The molecule has 0 aliphatic carbocycles. The third-order valence-electron chi connectivity index (χ3n) is 4.86. The van der Waals surface area contributed by atoms with Gasteiger partial charge in [0, 0.05) is 12.1 Å². The second kappa shape index (κ2) is 7.81. The molecule has 6 N–H and O–H groups in total. The van der Waals surface area contributed by atoms with Crippen LogP contribution in [-0.2, 0) is 0 Å². The Kier molecular flexibility index (Phi) is 5.07. The fourth-order valence-electron chi connectivity index (χ4n) is 3.40. The number of aromatic nitrogens is 4. The van der Waals surface area contributed by atoms with E-state index in [0.717, 1.165) is 17.9 Å². The molecule has 1 aliphatic heterocycles. The van der Waals surface area contributed by atoms with Crippen molar-refractivity contribution in [3.05, 3.63) is 24.3 Å². The Labute approximate surface area is 162 Å². The van der Waals surface area contributed by atoms with Gasteiger partial charge in [0.15, 0.2) is 22.8 Å². The van der Waals surface area contributed by atoms with Crippen molar-refractivity contribution in [2.45, 2.75) is 19.3 Å². The van der Waals surface area contributed by atoms with Gasteiger partial charge in [-0.3, -0.25) is 4.90 Å². The molecule has 0 amide bonds. The number of nitrogens with zero attached hydrogens (tertiary/aromatic N) is 5. The molecule has 1 aromatic carbocycles. The normalized spacial score (nSPS) is 15.0. The minimum atomic E-state index is 0.0394. The molecule has 146 valence electrons. The van der Waals surface area contributed by atoms with Crippen LogP contribution in [-0.4, -0.2) is 51.1 Å². The van der Waals surface area contributed by atoms with Crippen LogP contribution in [0.5, 0.6) is 5.75 Å². The molecular weight excluding hydrogens is 356 g/mol. The van der Waals surface area contributed by atoms with Crippen LogP contribution in [0.4, 0.5) is 17.6 Å². The molecule has 0 radical (unpaired) electrons. The number of fused-ring (bicyclic) bond motifs is 1. The monoisotopic (exact) mass is 380 g/mol. The number of nitrogen functional groups attached to an aromatic ring is 3. The quantitative estimate of drug-likeness (QED) is 0.602. The van der Waals surface area contributed by atoms with E-state index in [1.165, 1.54) is 32.4 Å². The van der Waals surface area contributed by atoms with Gasteiger partial charge < -0.3 is 21.9 Å². The highest BCUT2D eigenvalue weighted by Gasteiger charge is 2.13. The number of nitrogens with two attached hydrogens (primary N) is 3. The Hall–Kier alpha value is -3.20. The van der Waals surface area contributed by atoms with Crippen molar-refractivity contribution in [2.24, 2.45) is 0 Å². The van der Waals surface area contributed by atoms with Gasteiger partial charge in [0.25, 0.3) is 0 Å². The summed E-state index contributed by atoms with van der Waals surface area (Å²) in [4.78, 5) is 19.2. The molecule has 9 heteroatoms. The first kappa shape index (κ1) is 18.2. The van der Waals surface area contributed by atoms with E-state index >= 15 is 0 Å². The molecule has 1 saturated heterocycles. The summed E-state index contributed by atoms with van der Waals surface area (Å²) in [7, 11) is 0. The van der Waals surface area contributed by atoms with E-state index in [4.69, 9.17) is 21.9 Å². The third kappa shape index (κ3) is 3.89. The molecule has 3 heterocycles. The van der Waals surface area contributed by atoms with E-state index in [-0.39, 0.29) is 23.2 Å².